The van der Waals surface area contributed by atoms with E-state index in [4.69, 9.17) is 4.74 Å². The number of nitrogens with zero attached hydrogens (tertiary/aromatic N) is 4. The van der Waals surface area contributed by atoms with E-state index in [-0.39, 0.29) is 0 Å². The van der Waals surface area contributed by atoms with Crippen molar-refractivity contribution >= 4 is 5.69 Å². The first-order valence-corrected chi connectivity index (χ1v) is 7.62. The highest BCUT2D eigenvalue weighted by molar-refractivity contribution is 5.57. The zero-order chi connectivity index (χ0) is 15.1. The van der Waals surface area contributed by atoms with Crippen molar-refractivity contribution in [2.24, 2.45) is 0 Å². The largest absolute Gasteiger partial charge is 0.383 e. The number of nitriles is 1. The van der Waals surface area contributed by atoms with Crippen molar-refractivity contribution in [1.29, 1.82) is 5.26 Å². The first-order chi connectivity index (χ1) is 10.3. The summed E-state index contributed by atoms with van der Waals surface area (Å²) in [4.78, 5) is 8.99. The van der Waals surface area contributed by atoms with E-state index >= 15 is 0 Å². The molecule has 5 heteroatoms. The van der Waals surface area contributed by atoms with Gasteiger partial charge in [-0.3, -0.25) is 9.88 Å². The van der Waals surface area contributed by atoms with Crippen LogP contribution in [0, 0.1) is 11.3 Å². The fraction of sp³-hybridized carbons (Fsp3) is 0.625. The molecule has 1 unspecified atom stereocenters. The number of piperazine rings is 1. The molecule has 5 nitrogen and oxygen atoms in total. The first kappa shape index (κ1) is 15.7. The molecule has 1 atom stereocenters. The molecule has 1 aliphatic rings. The van der Waals surface area contributed by atoms with E-state index in [0.717, 1.165) is 38.5 Å². The van der Waals surface area contributed by atoms with Crippen LogP contribution in [0.5, 0.6) is 0 Å². The Labute approximate surface area is 127 Å². The van der Waals surface area contributed by atoms with Gasteiger partial charge in [-0.05, 0) is 12.5 Å². The molecular formula is C16H24N4O. The maximum Gasteiger partial charge on any atom is 0.101 e. The van der Waals surface area contributed by atoms with Gasteiger partial charge in [0.25, 0.3) is 0 Å². The van der Waals surface area contributed by atoms with Crippen molar-refractivity contribution in [1.82, 2.24) is 9.88 Å². The van der Waals surface area contributed by atoms with Crippen LogP contribution in [0.25, 0.3) is 0 Å². The maximum atomic E-state index is 9.26. The molecule has 1 aromatic heterocycles. The lowest BCUT2D eigenvalue weighted by atomic mass is 10.1. The lowest BCUT2D eigenvalue weighted by Gasteiger charge is -2.42. The normalized spacial score (nSPS) is 19.5. The van der Waals surface area contributed by atoms with Gasteiger partial charge in [-0.15, -0.1) is 0 Å². The van der Waals surface area contributed by atoms with Crippen LogP contribution in [0.1, 0.15) is 25.3 Å². The average Bonchev–Trinajstić information content (AvgIpc) is 2.54. The zero-order valence-electron chi connectivity index (χ0n) is 13.0. The van der Waals surface area contributed by atoms with Gasteiger partial charge in [0.2, 0.25) is 0 Å². The Balaban J connectivity index is 2.09. The van der Waals surface area contributed by atoms with E-state index in [1.54, 1.807) is 19.4 Å². The molecular weight excluding hydrogens is 264 g/mol. The van der Waals surface area contributed by atoms with Crippen LogP contribution >= 0.6 is 0 Å². The summed E-state index contributed by atoms with van der Waals surface area (Å²) >= 11 is 0. The molecule has 114 valence electrons. The molecule has 2 rings (SSSR count). The molecule has 0 N–H and O–H groups in total. The molecule has 0 aliphatic carbocycles. The second-order valence-corrected chi connectivity index (χ2v) is 5.42. The lowest BCUT2D eigenvalue weighted by molar-refractivity contribution is 0.107. The lowest BCUT2D eigenvalue weighted by Crippen LogP contribution is -2.54. The van der Waals surface area contributed by atoms with Crippen molar-refractivity contribution < 1.29 is 4.74 Å². The topological polar surface area (TPSA) is 52.4 Å². The number of rotatable bonds is 6. The van der Waals surface area contributed by atoms with E-state index in [1.165, 1.54) is 12.8 Å². The summed E-state index contributed by atoms with van der Waals surface area (Å²) in [7, 11) is 1.75. The minimum Gasteiger partial charge on any atom is -0.383 e. The summed E-state index contributed by atoms with van der Waals surface area (Å²) in [5.74, 6) is 0. The van der Waals surface area contributed by atoms with E-state index in [0.29, 0.717) is 11.6 Å². The van der Waals surface area contributed by atoms with Crippen molar-refractivity contribution in [2.75, 3.05) is 44.8 Å². The summed E-state index contributed by atoms with van der Waals surface area (Å²) in [5, 5.41) is 9.26. The fourth-order valence-corrected chi connectivity index (χ4v) is 2.95. The molecule has 1 saturated heterocycles. The molecule has 1 aliphatic heterocycles. The predicted molar refractivity (Wildman–Crippen MR) is 83.3 cm³/mol. The molecule has 0 saturated carbocycles. The van der Waals surface area contributed by atoms with Crippen molar-refractivity contribution in [3.63, 3.8) is 0 Å². The van der Waals surface area contributed by atoms with Gasteiger partial charge in [0, 0.05) is 45.5 Å². The molecule has 0 amide bonds. The van der Waals surface area contributed by atoms with Crippen LogP contribution in [-0.4, -0.2) is 55.8 Å². The molecule has 0 spiro atoms. The van der Waals surface area contributed by atoms with Crippen molar-refractivity contribution in [2.45, 2.75) is 25.8 Å². The standard InChI is InChI=1S/C16H24N4O/c1-3-4-15-13-20(8-7-19(15)9-10-21-2)16-12-18-6-5-14(16)11-17/h5-6,12,15H,3-4,7-10,13H2,1-2H3. The minimum absolute atomic E-state index is 0.519. The van der Waals surface area contributed by atoms with Gasteiger partial charge in [-0.25, -0.2) is 0 Å². The second-order valence-electron chi connectivity index (χ2n) is 5.42. The number of ether oxygens (including phenoxy) is 1. The van der Waals surface area contributed by atoms with Gasteiger partial charge in [0.1, 0.15) is 6.07 Å². The molecule has 0 radical (unpaired) electrons. The monoisotopic (exact) mass is 288 g/mol. The van der Waals surface area contributed by atoms with Crippen LogP contribution in [0.2, 0.25) is 0 Å². The van der Waals surface area contributed by atoms with E-state index in [9.17, 15) is 5.26 Å². The van der Waals surface area contributed by atoms with Crippen LogP contribution in [-0.2, 0) is 4.74 Å². The zero-order valence-corrected chi connectivity index (χ0v) is 13.0. The Hall–Kier alpha value is -1.64. The summed E-state index contributed by atoms with van der Waals surface area (Å²) in [6.07, 6.45) is 5.83. The maximum absolute atomic E-state index is 9.26. The second kappa shape index (κ2) is 7.96. The number of aromatic nitrogens is 1. The van der Waals surface area contributed by atoms with Crippen LogP contribution in [0.3, 0.4) is 0 Å². The van der Waals surface area contributed by atoms with Gasteiger partial charge >= 0.3 is 0 Å². The highest BCUT2D eigenvalue weighted by Crippen LogP contribution is 2.23. The van der Waals surface area contributed by atoms with E-state index < -0.39 is 0 Å². The number of methoxy groups -OCH3 is 1. The van der Waals surface area contributed by atoms with Gasteiger partial charge in [-0.2, -0.15) is 5.26 Å². The third-order valence-electron chi connectivity index (χ3n) is 4.07. The van der Waals surface area contributed by atoms with Gasteiger partial charge < -0.3 is 9.64 Å². The molecule has 21 heavy (non-hydrogen) atoms. The fourth-order valence-electron chi connectivity index (χ4n) is 2.95. The summed E-state index contributed by atoms with van der Waals surface area (Å²) in [6.45, 7) is 6.87. The summed E-state index contributed by atoms with van der Waals surface area (Å²) in [6, 6.07) is 4.58. The van der Waals surface area contributed by atoms with Gasteiger partial charge in [0.15, 0.2) is 0 Å². The first-order valence-electron chi connectivity index (χ1n) is 7.62. The quantitative estimate of drug-likeness (QED) is 0.800. The predicted octanol–water partition coefficient (Wildman–Crippen LogP) is 1.89. The SMILES string of the molecule is CCCC1CN(c2cnccc2C#N)CCN1CCOC. The molecule has 0 aromatic carbocycles. The van der Waals surface area contributed by atoms with Crippen LogP contribution in [0.4, 0.5) is 5.69 Å². The third kappa shape index (κ3) is 3.93. The number of pyridine rings is 1. The highest BCUT2D eigenvalue weighted by atomic mass is 16.5. The van der Waals surface area contributed by atoms with Crippen molar-refractivity contribution in [3.8, 4) is 6.07 Å². The van der Waals surface area contributed by atoms with Gasteiger partial charge in [-0.1, -0.05) is 13.3 Å². The average molecular weight is 288 g/mol. The van der Waals surface area contributed by atoms with E-state index in [1.807, 2.05) is 6.20 Å². The Morgan fingerprint density at radius 1 is 1.48 bits per heavy atom. The Kier molecular flexibility index (Phi) is 5.97. The number of hydrogen-bond acceptors (Lipinski definition) is 5. The smallest absolute Gasteiger partial charge is 0.101 e. The molecule has 0 bridgehead atoms. The molecule has 1 aromatic rings. The minimum atomic E-state index is 0.519. The molecule has 1 fully saturated rings. The summed E-state index contributed by atoms with van der Waals surface area (Å²) in [5.41, 5.74) is 1.68. The Bertz CT molecular complexity index is 485. The molecule has 2 heterocycles. The Morgan fingerprint density at radius 2 is 2.33 bits per heavy atom. The van der Waals surface area contributed by atoms with E-state index in [2.05, 4.69) is 27.8 Å². The Morgan fingerprint density at radius 3 is 3.05 bits per heavy atom. The number of anilines is 1. The third-order valence-corrected chi connectivity index (χ3v) is 4.07. The number of hydrogen-bond donors (Lipinski definition) is 0. The van der Waals surface area contributed by atoms with Gasteiger partial charge in [0.05, 0.1) is 24.1 Å². The highest BCUT2D eigenvalue weighted by Gasteiger charge is 2.27. The summed E-state index contributed by atoms with van der Waals surface area (Å²) < 4.78 is 5.21. The van der Waals surface area contributed by atoms with Crippen molar-refractivity contribution in [3.05, 3.63) is 24.0 Å². The van der Waals surface area contributed by atoms with Crippen LogP contribution < -0.4 is 4.90 Å². The van der Waals surface area contributed by atoms with Crippen LogP contribution in [0.15, 0.2) is 18.5 Å².